The molecule has 0 bridgehead atoms. The Balaban J connectivity index is 2.60. The van der Waals surface area contributed by atoms with Gasteiger partial charge in [0, 0.05) is 18.8 Å². The number of aromatic nitrogens is 1. The molecule has 0 aliphatic heterocycles. The van der Waals surface area contributed by atoms with Gasteiger partial charge in [-0.3, -0.25) is 4.79 Å². The maximum atomic E-state index is 12.5. The summed E-state index contributed by atoms with van der Waals surface area (Å²) in [4.78, 5) is 19.3. The molecule has 0 atom stereocenters. The maximum absolute atomic E-state index is 12.5. The Kier molecular flexibility index (Phi) is 6.83. The molecule has 146 valence electrons. The van der Waals surface area contributed by atoms with Crippen molar-refractivity contribution in [1.29, 1.82) is 0 Å². The standard InChI is InChI=1S/C22H30N2O3/c1-8-10-24(9-2)19-13-16(5)23-22(20(19)17(6)25)27-21-14(3)11-18(26-7)12-15(21)4/h11-13H,8-10H2,1-7H3. The summed E-state index contributed by atoms with van der Waals surface area (Å²) >= 11 is 0. The molecule has 0 radical (unpaired) electrons. The average Bonchev–Trinajstić information content (AvgIpc) is 2.61. The predicted octanol–water partition coefficient (Wildman–Crippen LogP) is 5.25. The summed E-state index contributed by atoms with van der Waals surface area (Å²) in [7, 11) is 1.64. The lowest BCUT2D eigenvalue weighted by Gasteiger charge is -2.26. The Hall–Kier alpha value is -2.56. The molecular formula is C22H30N2O3. The van der Waals surface area contributed by atoms with Crippen molar-refractivity contribution in [2.75, 3.05) is 25.1 Å². The van der Waals surface area contributed by atoms with Crippen LogP contribution in [0, 0.1) is 20.8 Å². The van der Waals surface area contributed by atoms with Crippen LogP contribution in [0.3, 0.4) is 0 Å². The Morgan fingerprint density at radius 1 is 1.11 bits per heavy atom. The van der Waals surface area contributed by atoms with Gasteiger partial charge in [-0.25, -0.2) is 4.98 Å². The molecule has 1 aromatic carbocycles. The molecule has 0 saturated heterocycles. The van der Waals surface area contributed by atoms with Gasteiger partial charge in [0.2, 0.25) is 5.88 Å². The lowest BCUT2D eigenvalue weighted by atomic mass is 10.1. The lowest BCUT2D eigenvalue weighted by Crippen LogP contribution is -2.26. The molecule has 0 saturated carbocycles. The van der Waals surface area contributed by atoms with Crippen LogP contribution in [-0.4, -0.2) is 31.0 Å². The highest BCUT2D eigenvalue weighted by molar-refractivity contribution is 6.02. The van der Waals surface area contributed by atoms with Gasteiger partial charge in [0.1, 0.15) is 17.1 Å². The highest BCUT2D eigenvalue weighted by atomic mass is 16.5. The van der Waals surface area contributed by atoms with Crippen LogP contribution < -0.4 is 14.4 Å². The normalized spacial score (nSPS) is 10.6. The Bertz CT molecular complexity index is 808. The van der Waals surface area contributed by atoms with E-state index in [0.29, 0.717) is 17.2 Å². The van der Waals surface area contributed by atoms with E-state index < -0.39 is 0 Å². The maximum Gasteiger partial charge on any atom is 0.232 e. The quantitative estimate of drug-likeness (QED) is 0.594. The van der Waals surface area contributed by atoms with Gasteiger partial charge < -0.3 is 14.4 Å². The van der Waals surface area contributed by atoms with Crippen molar-refractivity contribution in [3.05, 3.63) is 40.6 Å². The highest BCUT2D eigenvalue weighted by Gasteiger charge is 2.22. The third kappa shape index (κ3) is 4.59. The first-order chi connectivity index (χ1) is 12.8. The van der Waals surface area contributed by atoms with Gasteiger partial charge in [-0.15, -0.1) is 0 Å². The lowest BCUT2D eigenvalue weighted by molar-refractivity contribution is 0.101. The van der Waals surface area contributed by atoms with Crippen molar-refractivity contribution in [1.82, 2.24) is 4.98 Å². The topological polar surface area (TPSA) is 51.7 Å². The number of ether oxygens (including phenoxy) is 2. The number of carbonyl (C=O) groups is 1. The molecular weight excluding hydrogens is 340 g/mol. The number of carbonyl (C=O) groups excluding carboxylic acids is 1. The number of Topliss-reactive ketones (excluding diaryl/α,β-unsaturated/α-hetero) is 1. The molecule has 0 fully saturated rings. The number of rotatable bonds is 8. The largest absolute Gasteiger partial charge is 0.497 e. The molecule has 1 heterocycles. The average molecular weight is 370 g/mol. The van der Waals surface area contributed by atoms with Gasteiger partial charge in [-0.05, 0) is 70.4 Å². The number of benzene rings is 1. The van der Waals surface area contributed by atoms with E-state index in [4.69, 9.17) is 9.47 Å². The van der Waals surface area contributed by atoms with Gasteiger partial charge in [0.05, 0.1) is 12.8 Å². The second-order valence-electron chi connectivity index (χ2n) is 6.79. The van der Waals surface area contributed by atoms with Gasteiger partial charge in [-0.2, -0.15) is 0 Å². The van der Waals surface area contributed by atoms with Crippen molar-refractivity contribution in [2.24, 2.45) is 0 Å². The molecule has 2 aromatic rings. The van der Waals surface area contributed by atoms with Gasteiger partial charge in [0.15, 0.2) is 5.78 Å². The molecule has 27 heavy (non-hydrogen) atoms. The monoisotopic (exact) mass is 370 g/mol. The van der Waals surface area contributed by atoms with E-state index in [1.54, 1.807) is 14.0 Å². The molecule has 0 aliphatic rings. The van der Waals surface area contributed by atoms with E-state index in [1.807, 2.05) is 39.0 Å². The van der Waals surface area contributed by atoms with E-state index >= 15 is 0 Å². The van der Waals surface area contributed by atoms with Crippen LogP contribution in [0.25, 0.3) is 0 Å². The van der Waals surface area contributed by atoms with Gasteiger partial charge >= 0.3 is 0 Å². The SMILES string of the molecule is CCCN(CC)c1cc(C)nc(Oc2c(C)cc(OC)cc2C)c1C(C)=O. The fourth-order valence-corrected chi connectivity index (χ4v) is 3.29. The van der Waals surface area contributed by atoms with Crippen molar-refractivity contribution >= 4 is 11.5 Å². The summed E-state index contributed by atoms with van der Waals surface area (Å²) in [5, 5.41) is 0. The first-order valence-electron chi connectivity index (χ1n) is 9.42. The third-order valence-corrected chi connectivity index (χ3v) is 4.53. The summed E-state index contributed by atoms with van der Waals surface area (Å²) in [6.07, 6.45) is 0.999. The van der Waals surface area contributed by atoms with E-state index in [0.717, 1.165) is 47.8 Å². The van der Waals surface area contributed by atoms with Crippen LogP contribution in [0.4, 0.5) is 5.69 Å². The summed E-state index contributed by atoms with van der Waals surface area (Å²) in [5.41, 5.74) is 4.12. The van der Waals surface area contributed by atoms with E-state index in [1.165, 1.54) is 0 Å². The zero-order chi connectivity index (χ0) is 20.1. The van der Waals surface area contributed by atoms with Gasteiger partial charge in [-0.1, -0.05) is 6.92 Å². The van der Waals surface area contributed by atoms with Crippen LogP contribution in [0.5, 0.6) is 17.4 Å². The summed E-state index contributed by atoms with van der Waals surface area (Å²) in [5.74, 6) is 1.80. The number of methoxy groups -OCH3 is 1. The molecule has 2 rings (SSSR count). The summed E-state index contributed by atoms with van der Waals surface area (Å²) in [6.45, 7) is 13.3. The molecule has 1 aromatic heterocycles. The molecule has 5 nitrogen and oxygen atoms in total. The zero-order valence-electron chi connectivity index (χ0n) is 17.5. The summed E-state index contributed by atoms with van der Waals surface area (Å²) in [6, 6.07) is 5.81. The third-order valence-electron chi connectivity index (χ3n) is 4.53. The van der Waals surface area contributed by atoms with E-state index in [2.05, 4.69) is 23.7 Å². The first kappa shape index (κ1) is 20.7. The minimum atomic E-state index is -0.0501. The predicted molar refractivity (Wildman–Crippen MR) is 110 cm³/mol. The Morgan fingerprint density at radius 3 is 2.22 bits per heavy atom. The van der Waals surface area contributed by atoms with Crippen molar-refractivity contribution in [3.8, 4) is 17.4 Å². The number of hydrogen-bond donors (Lipinski definition) is 0. The van der Waals surface area contributed by atoms with Crippen LogP contribution >= 0.6 is 0 Å². The van der Waals surface area contributed by atoms with E-state index in [-0.39, 0.29) is 5.78 Å². The second kappa shape index (κ2) is 8.89. The van der Waals surface area contributed by atoms with E-state index in [9.17, 15) is 4.79 Å². The van der Waals surface area contributed by atoms with Crippen molar-refractivity contribution in [2.45, 2.75) is 48.0 Å². The fraction of sp³-hybridized carbons (Fsp3) is 0.455. The number of aryl methyl sites for hydroxylation is 3. The summed E-state index contributed by atoms with van der Waals surface area (Å²) < 4.78 is 11.5. The minimum Gasteiger partial charge on any atom is -0.497 e. The highest BCUT2D eigenvalue weighted by Crippen LogP contribution is 2.36. The number of ketones is 1. The fourth-order valence-electron chi connectivity index (χ4n) is 3.29. The molecule has 5 heteroatoms. The molecule has 0 aliphatic carbocycles. The van der Waals surface area contributed by atoms with Crippen LogP contribution in [-0.2, 0) is 0 Å². The molecule has 0 spiro atoms. The Labute approximate surface area is 162 Å². The Morgan fingerprint density at radius 2 is 1.74 bits per heavy atom. The minimum absolute atomic E-state index is 0.0501. The van der Waals surface area contributed by atoms with Crippen LogP contribution in [0.1, 0.15) is 54.4 Å². The molecule has 0 amide bonds. The molecule has 0 unspecified atom stereocenters. The van der Waals surface area contributed by atoms with Crippen molar-refractivity contribution < 1.29 is 14.3 Å². The molecule has 0 N–H and O–H groups in total. The van der Waals surface area contributed by atoms with Gasteiger partial charge in [0.25, 0.3) is 0 Å². The van der Waals surface area contributed by atoms with Crippen LogP contribution in [0.2, 0.25) is 0 Å². The zero-order valence-corrected chi connectivity index (χ0v) is 17.5. The van der Waals surface area contributed by atoms with Crippen molar-refractivity contribution in [3.63, 3.8) is 0 Å². The number of pyridine rings is 1. The smallest absolute Gasteiger partial charge is 0.232 e. The second-order valence-corrected chi connectivity index (χ2v) is 6.79. The number of anilines is 1. The first-order valence-corrected chi connectivity index (χ1v) is 9.42. The number of hydrogen-bond acceptors (Lipinski definition) is 5. The van der Waals surface area contributed by atoms with Crippen LogP contribution in [0.15, 0.2) is 18.2 Å². The number of nitrogens with zero attached hydrogens (tertiary/aromatic N) is 2.